The Morgan fingerprint density at radius 3 is 3.06 bits per heavy atom. The number of thiazole rings is 1. The summed E-state index contributed by atoms with van der Waals surface area (Å²) in [6.07, 6.45) is 1.79. The predicted octanol–water partition coefficient (Wildman–Crippen LogP) is 3.42. The van der Waals surface area contributed by atoms with Gasteiger partial charge in [-0.2, -0.15) is 0 Å². The average Bonchev–Trinajstić information content (AvgIpc) is 2.79. The maximum absolute atomic E-state index is 5.93. The Labute approximate surface area is 103 Å². The molecule has 1 heterocycles. The first-order valence-electron chi connectivity index (χ1n) is 4.75. The van der Waals surface area contributed by atoms with E-state index in [2.05, 4.69) is 10.3 Å². The van der Waals surface area contributed by atoms with Crippen molar-refractivity contribution in [2.75, 3.05) is 12.4 Å². The number of hydrogen-bond acceptors (Lipinski definition) is 4. The van der Waals surface area contributed by atoms with E-state index in [9.17, 15) is 0 Å². The van der Waals surface area contributed by atoms with Crippen LogP contribution in [-0.4, -0.2) is 12.1 Å². The first-order chi connectivity index (χ1) is 7.79. The quantitative estimate of drug-likeness (QED) is 0.908. The molecule has 0 radical (unpaired) electrons. The highest BCUT2D eigenvalue weighted by atomic mass is 35.5. The Morgan fingerprint density at radius 2 is 2.38 bits per heavy atom. The zero-order valence-corrected chi connectivity index (χ0v) is 10.3. The molecule has 0 unspecified atom stereocenters. The molecule has 1 aromatic carbocycles. The number of halogens is 1. The normalized spacial score (nSPS) is 10.1. The molecule has 0 aliphatic rings. The van der Waals surface area contributed by atoms with Gasteiger partial charge in [0.1, 0.15) is 10.8 Å². The molecule has 0 spiro atoms. The summed E-state index contributed by atoms with van der Waals surface area (Å²) in [6, 6.07) is 5.48. The molecule has 0 saturated heterocycles. The van der Waals surface area contributed by atoms with E-state index < -0.39 is 0 Å². The molecular formula is C11H11ClN2OS. The molecule has 0 bridgehead atoms. The van der Waals surface area contributed by atoms with Crippen LogP contribution in [0.2, 0.25) is 5.02 Å². The Morgan fingerprint density at radius 1 is 1.50 bits per heavy atom. The summed E-state index contributed by atoms with van der Waals surface area (Å²) in [5.74, 6) is 0.779. The Hall–Kier alpha value is -1.26. The van der Waals surface area contributed by atoms with E-state index in [0.717, 1.165) is 16.4 Å². The van der Waals surface area contributed by atoms with Crippen molar-refractivity contribution in [3.8, 4) is 5.75 Å². The maximum Gasteiger partial charge on any atom is 0.142 e. The monoisotopic (exact) mass is 254 g/mol. The first-order valence-corrected chi connectivity index (χ1v) is 6.01. The van der Waals surface area contributed by atoms with Crippen molar-refractivity contribution in [1.29, 1.82) is 0 Å². The van der Waals surface area contributed by atoms with Gasteiger partial charge in [-0.05, 0) is 18.2 Å². The van der Waals surface area contributed by atoms with Gasteiger partial charge in [0.15, 0.2) is 0 Å². The molecule has 16 heavy (non-hydrogen) atoms. The molecule has 5 heteroatoms. The van der Waals surface area contributed by atoms with Crippen LogP contribution >= 0.6 is 22.9 Å². The summed E-state index contributed by atoms with van der Waals surface area (Å²) < 4.78 is 5.23. The van der Waals surface area contributed by atoms with E-state index >= 15 is 0 Å². The van der Waals surface area contributed by atoms with Gasteiger partial charge in [0.25, 0.3) is 0 Å². The molecule has 0 aliphatic carbocycles. The van der Waals surface area contributed by atoms with Crippen molar-refractivity contribution in [2.45, 2.75) is 6.54 Å². The number of benzene rings is 1. The van der Waals surface area contributed by atoms with Gasteiger partial charge >= 0.3 is 0 Å². The number of hydrogen-bond donors (Lipinski definition) is 1. The number of rotatable bonds is 4. The minimum Gasteiger partial charge on any atom is -0.495 e. The topological polar surface area (TPSA) is 34.1 Å². The van der Waals surface area contributed by atoms with Crippen LogP contribution in [0.15, 0.2) is 29.8 Å². The van der Waals surface area contributed by atoms with Crippen LogP contribution in [0.3, 0.4) is 0 Å². The zero-order chi connectivity index (χ0) is 11.4. The van der Waals surface area contributed by atoms with E-state index in [0.29, 0.717) is 11.6 Å². The van der Waals surface area contributed by atoms with Gasteiger partial charge in [0.05, 0.1) is 19.3 Å². The van der Waals surface area contributed by atoms with Gasteiger partial charge in [-0.15, -0.1) is 11.3 Å². The highest BCUT2D eigenvalue weighted by molar-refractivity contribution is 7.09. The van der Waals surface area contributed by atoms with Crippen LogP contribution in [0.5, 0.6) is 5.75 Å². The van der Waals surface area contributed by atoms with Gasteiger partial charge in [-0.3, -0.25) is 0 Å². The maximum atomic E-state index is 5.93. The van der Waals surface area contributed by atoms with E-state index in [1.807, 2.05) is 17.5 Å². The molecule has 1 aromatic heterocycles. The van der Waals surface area contributed by atoms with E-state index in [-0.39, 0.29) is 0 Å². The summed E-state index contributed by atoms with van der Waals surface area (Å²) in [4.78, 5) is 4.19. The van der Waals surface area contributed by atoms with Gasteiger partial charge in [0.2, 0.25) is 0 Å². The number of aromatic nitrogens is 1. The fourth-order valence-corrected chi connectivity index (χ4v) is 2.06. The van der Waals surface area contributed by atoms with Crippen LogP contribution in [-0.2, 0) is 6.54 Å². The van der Waals surface area contributed by atoms with Crippen LogP contribution in [0.25, 0.3) is 0 Å². The van der Waals surface area contributed by atoms with Crippen molar-refractivity contribution in [3.05, 3.63) is 39.8 Å². The van der Waals surface area contributed by atoms with Crippen LogP contribution < -0.4 is 10.1 Å². The second kappa shape index (κ2) is 5.18. The summed E-state index contributed by atoms with van der Waals surface area (Å²) in [5.41, 5.74) is 0.880. The lowest BCUT2D eigenvalue weighted by molar-refractivity contribution is 0.416. The Balaban J connectivity index is 2.11. The van der Waals surface area contributed by atoms with Crippen molar-refractivity contribution in [1.82, 2.24) is 4.98 Å². The molecule has 2 rings (SSSR count). The van der Waals surface area contributed by atoms with Crippen molar-refractivity contribution in [2.24, 2.45) is 0 Å². The summed E-state index contributed by atoms with van der Waals surface area (Å²) in [6.45, 7) is 0.675. The second-order valence-corrected chi connectivity index (χ2v) is 4.54. The predicted molar refractivity (Wildman–Crippen MR) is 67.4 cm³/mol. The lowest BCUT2D eigenvalue weighted by Gasteiger charge is -2.10. The number of nitrogens with zero attached hydrogens (tertiary/aromatic N) is 1. The molecule has 0 fully saturated rings. The van der Waals surface area contributed by atoms with Gasteiger partial charge in [-0.1, -0.05) is 11.6 Å². The van der Waals surface area contributed by atoms with E-state index in [4.69, 9.17) is 16.3 Å². The van der Waals surface area contributed by atoms with Crippen LogP contribution in [0, 0.1) is 0 Å². The lowest BCUT2D eigenvalue weighted by atomic mass is 10.3. The Kier molecular flexibility index (Phi) is 3.64. The third-order valence-corrected chi connectivity index (χ3v) is 3.09. The Bertz CT molecular complexity index is 459. The lowest BCUT2D eigenvalue weighted by Crippen LogP contribution is -2.00. The third-order valence-electron chi connectivity index (χ3n) is 2.08. The number of methoxy groups -OCH3 is 1. The summed E-state index contributed by atoms with van der Waals surface area (Å²) >= 11 is 7.54. The SMILES string of the molecule is COc1ccc(Cl)cc1NCc1nccs1. The van der Waals surface area contributed by atoms with Crippen molar-refractivity contribution in [3.63, 3.8) is 0 Å². The molecular weight excluding hydrogens is 244 g/mol. The second-order valence-electron chi connectivity index (χ2n) is 3.12. The fourth-order valence-electron chi connectivity index (χ4n) is 1.33. The fraction of sp³-hybridized carbons (Fsp3) is 0.182. The van der Waals surface area contributed by atoms with Crippen molar-refractivity contribution < 1.29 is 4.74 Å². The molecule has 0 aliphatic heterocycles. The zero-order valence-electron chi connectivity index (χ0n) is 8.74. The van der Waals surface area contributed by atoms with Gasteiger partial charge in [-0.25, -0.2) is 4.98 Å². The molecule has 1 N–H and O–H groups in total. The number of anilines is 1. The molecule has 84 valence electrons. The van der Waals surface area contributed by atoms with Crippen LogP contribution in [0.1, 0.15) is 5.01 Å². The highest BCUT2D eigenvalue weighted by Gasteiger charge is 2.04. The standard InChI is InChI=1S/C11H11ClN2OS/c1-15-10-3-2-8(12)6-9(10)14-7-11-13-4-5-16-11/h2-6,14H,7H2,1H3. The summed E-state index contributed by atoms with van der Waals surface area (Å²) in [7, 11) is 1.64. The highest BCUT2D eigenvalue weighted by Crippen LogP contribution is 2.28. The molecule has 0 atom stereocenters. The molecule has 2 aromatic rings. The number of ether oxygens (including phenoxy) is 1. The van der Waals surface area contributed by atoms with E-state index in [1.165, 1.54) is 0 Å². The minimum absolute atomic E-state index is 0.675. The third kappa shape index (κ3) is 2.65. The van der Waals surface area contributed by atoms with Crippen molar-refractivity contribution >= 4 is 28.6 Å². The largest absolute Gasteiger partial charge is 0.495 e. The molecule has 0 saturated carbocycles. The van der Waals surface area contributed by atoms with E-state index in [1.54, 1.807) is 30.7 Å². The average molecular weight is 255 g/mol. The first kappa shape index (κ1) is 11.2. The van der Waals surface area contributed by atoms with Crippen LogP contribution in [0.4, 0.5) is 5.69 Å². The van der Waals surface area contributed by atoms with Gasteiger partial charge in [0, 0.05) is 16.6 Å². The molecule has 3 nitrogen and oxygen atoms in total. The smallest absolute Gasteiger partial charge is 0.142 e. The molecule has 0 amide bonds. The van der Waals surface area contributed by atoms with Gasteiger partial charge < -0.3 is 10.1 Å². The summed E-state index contributed by atoms with van der Waals surface area (Å²) in [5, 5.41) is 6.91. The minimum atomic E-state index is 0.675. The number of nitrogens with one attached hydrogen (secondary N) is 1.